The molecular weight excluding hydrogens is 1000 g/mol. The third-order valence-electron chi connectivity index (χ3n) is 18.0. The van der Waals surface area contributed by atoms with Crippen LogP contribution in [0.2, 0.25) is 0 Å². The summed E-state index contributed by atoms with van der Waals surface area (Å²) in [7, 11) is 0. The number of rotatable bonds is 8. The molecule has 0 atom stereocenters. The van der Waals surface area contributed by atoms with Crippen LogP contribution < -0.4 is 4.90 Å². The first-order chi connectivity index (χ1) is 41.2. The zero-order valence-corrected chi connectivity index (χ0v) is 45.4. The van der Waals surface area contributed by atoms with Crippen molar-refractivity contribution in [3.05, 3.63) is 338 Å². The van der Waals surface area contributed by atoms with Gasteiger partial charge in [0.05, 0.1) is 27.8 Å². The molecule has 0 saturated carbocycles. The highest BCUT2D eigenvalue weighted by Crippen LogP contribution is 2.63. The van der Waals surface area contributed by atoms with E-state index < -0.39 is 5.41 Å². The molecule has 2 heteroatoms. The third kappa shape index (κ3) is 7.10. The van der Waals surface area contributed by atoms with Gasteiger partial charge in [-0.3, -0.25) is 0 Å². The van der Waals surface area contributed by atoms with Crippen molar-refractivity contribution < 1.29 is 0 Å². The van der Waals surface area contributed by atoms with Gasteiger partial charge in [-0.05, 0) is 166 Å². The van der Waals surface area contributed by atoms with Crippen molar-refractivity contribution in [1.82, 2.24) is 4.57 Å². The molecule has 1 aromatic heterocycles. The number of aromatic nitrogens is 1. The molecule has 0 aliphatic heterocycles. The lowest BCUT2D eigenvalue weighted by molar-refractivity contribution is 0.794. The Morgan fingerprint density at radius 3 is 1.42 bits per heavy atom. The van der Waals surface area contributed by atoms with E-state index in [4.69, 9.17) is 0 Å². The van der Waals surface area contributed by atoms with Crippen LogP contribution in [0.4, 0.5) is 17.1 Å². The minimum atomic E-state index is -0.431. The molecule has 0 radical (unpaired) electrons. The lowest BCUT2D eigenvalue weighted by atomic mass is 9.70. The molecule has 17 rings (SSSR count). The Bertz CT molecular complexity index is 4990. The molecule has 386 valence electrons. The van der Waals surface area contributed by atoms with E-state index in [0.717, 1.165) is 39.4 Å². The molecule has 0 bridgehead atoms. The van der Waals surface area contributed by atoms with Crippen LogP contribution in [-0.2, 0) is 5.41 Å². The molecule has 2 aliphatic rings. The van der Waals surface area contributed by atoms with Crippen LogP contribution in [0.5, 0.6) is 0 Å². The van der Waals surface area contributed by atoms with Crippen molar-refractivity contribution in [2.75, 3.05) is 4.90 Å². The van der Waals surface area contributed by atoms with Gasteiger partial charge in [0.15, 0.2) is 0 Å². The van der Waals surface area contributed by atoms with E-state index in [0.29, 0.717) is 0 Å². The number of hydrogen-bond donors (Lipinski definition) is 0. The summed E-state index contributed by atoms with van der Waals surface area (Å²) >= 11 is 0. The second-order valence-electron chi connectivity index (χ2n) is 22.3. The van der Waals surface area contributed by atoms with Gasteiger partial charge in [-0.25, -0.2) is 0 Å². The van der Waals surface area contributed by atoms with Gasteiger partial charge >= 0.3 is 0 Å². The lowest BCUT2D eigenvalue weighted by Crippen LogP contribution is -2.25. The fraction of sp³-hybridized carbons (Fsp3) is 0.0123. The SMILES string of the molecule is c1cc(-c2cc(-c3ccc4c(c3)C3(c5ccccc5-c5ccccc53)c3ccccc3-4)cc3ccccc23)cc(N(c2ccc(-c3cccc4ccccc34)cc2)c2ccccc2-c2ccccc2-n2c3ccccc3c3ccccc32)c1. The molecule has 1 heterocycles. The average Bonchev–Trinajstić information content (AvgIpc) is 1.59. The van der Waals surface area contributed by atoms with E-state index >= 15 is 0 Å². The topological polar surface area (TPSA) is 8.17 Å². The van der Waals surface area contributed by atoms with Crippen molar-refractivity contribution >= 4 is 60.4 Å². The molecule has 0 unspecified atom stereocenters. The second kappa shape index (κ2) is 18.6. The maximum Gasteiger partial charge on any atom is 0.0725 e. The molecular formula is C81H52N2. The standard InChI is InChI=1S/C81H52N2/c1-3-26-61-53(21-1)23-20-35-62(61)54-43-46-59(47-44-54)82(77-39-15-8-31-68(77)69-32-9-16-40-78(69)83-79-41-17-10-33-70(79)71-34-11-18-42-80(71)83)60-25-19-24-57(50-60)72-51-58(49-56-22-2-4-27-63(56)72)55-45-48-67-66-30-7-14-38-75(66)81(76(67)52-55)73-36-12-5-28-64(73)65-29-6-13-37-74(65)81/h1-52H. The molecule has 14 aromatic carbocycles. The molecule has 0 fully saturated rings. The van der Waals surface area contributed by atoms with Crippen molar-refractivity contribution in [3.8, 4) is 72.4 Å². The van der Waals surface area contributed by atoms with E-state index in [1.807, 2.05) is 0 Å². The molecule has 2 nitrogen and oxygen atoms in total. The van der Waals surface area contributed by atoms with Crippen molar-refractivity contribution in [2.24, 2.45) is 0 Å². The van der Waals surface area contributed by atoms with E-state index in [9.17, 15) is 0 Å². The van der Waals surface area contributed by atoms with Crippen LogP contribution in [0.15, 0.2) is 315 Å². The van der Waals surface area contributed by atoms with E-state index in [-0.39, 0.29) is 0 Å². The summed E-state index contributed by atoms with van der Waals surface area (Å²) in [5.74, 6) is 0. The maximum atomic E-state index is 2.51. The average molecular weight is 1050 g/mol. The van der Waals surface area contributed by atoms with Crippen molar-refractivity contribution in [2.45, 2.75) is 5.41 Å². The van der Waals surface area contributed by atoms with E-state index in [1.165, 1.54) is 116 Å². The van der Waals surface area contributed by atoms with Gasteiger partial charge in [0, 0.05) is 33.3 Å². The Labute approximate surface area is 482 Å². The zero-order valence-electron chi connectivity index (χ0n) is 45.4. The first-order valence-electron chi connectivity index (χ1n) is 28.8. The Morgan fingerprint density at radius 2 is 0.735 bits per heavy atom. The number of benzene rings is 14. The van der Waals surface area contributed by atoms with Crippen LogP contribution in [0.25, 0.3) is 116 Å². The van der Waals surface area contributed by atoms with Crippen LogP contribution in [-0.4, -0.2) is 4.57 Å². The van der Waals surface area contributed by atoms with Crippen molar-refractivity contribution in [3.63, 3.8) is 0 Å². The Morgan fingerprint density at radius 1 is 0.241 bits per heavy atom. The molecule has 15 aromatic rings. The smallest absolute Gasteiger partial charge is 0.0725 e. The number of anilines is 3. The van der Waals surface area contributed by atoms with Crippen LogP contribution >= 0.6 is 0 Å². The Hall–Kier alpha value is -10.8. The molecule has 1 spiro atoms. The highest BCUT2D eigenvalue weighted by Gasteiger charge is 2.51. The summed E-state index contributed by atoms with van der Waals surface area (Å²) in [5.41, 5.74) is 26.3. The quantitative estimate of drug-likeness (QED) is 0.147. The largest absolute Gasteiger partial charge is 0.310 e. The highest BCUT2D eigenvalue weighted by molar-refractivity contribution is 6.10. The summed E-state index contributed by atoms with van der Waals surface area (Å²) in [4.78, 5) is 2.47. The second-order valence-corrected chi connectivity index (χ2v) is 22.3. The first-order valence-corrected chi connectivity index (χ1v) is 28.8. The molecule has 0 N–H and O–H groups in total. The van der Waals surface area contributed by atoms with Gasteiger partial charge in [0.25, 0.3) is 0 Å². The molecule has 2 aliphatic carbocycles. The molecule has 0 saturated heterocycles. The summed E-state index contributed by atoms with van der Waals surface area (Å²) in [5, 5.41) is 7.37. The normalized spacial score (nSPS) is 12.7. The van der Waals surface area contributed by atoms with Gasteiger partial charge in [-0.2, -0.15) is 0 Å². The van der Waals surface area contributed by atoms with Crippen LogP contribution in [0.1, 0.15) is 22.3 Å². The Balaban J connectivity index is 0.847. The van der Waals surface area contributed by atoms with Gasteiger partial charge in [0.2, 0.25) is 0 Å². The fourth-order valence-electron chi connectivity index (χ4n) is 14.5. The van der Waals surface area contributed by atoms with Gasteiger partial charge in [-0.1, -0.05) is 249 Å². The fourth-order valence-corrected chi connectivity index (χ4v) is 14.5. The lowest BCUT2D eigenvalue weighted by Gasteiger charge is -2.30. The van der Waals surface area contributed by atoms with Crippen molar-refractivity contribution in [1.29, 1.82) is 0 Å². The minimum Gasteiger partial charge on any atom is -0.310 e. The number of hydrogen-bond acceptors (Lipinski definition) is 1. The molecule has 0 amide bonds. The minimum absolute atomic E-state index is 0.431. The van der Waals surface area contributed by atoms with Gasteiger partial charge in [0.1, 0.15) is 0 Å². The van der Waals surface area contributed by atoms with Gasteiger partial charge in [-0.15, -0.1) is 0 Å². The maximum absolute atomic E-state index is 2.51. The van der Waals surface area contributed by atoms with E-state index in [2.05, 4.69) is 325 Å². The van der Waals surface area contributed by atoms with Gasteiger partial charge < -0.3 is 9.47 Å². The summed E-state index contributed by atoms with van der Waals surface area (Å²) in [6.45, 7) is 0. The first kappa shape index (κ1) is 47.1. The molecule has 83 heavy (non-hydrogen) atoms. The van der Waals surface area contributed by atoms with Crippen LogP contribution in [0.3, 0.4) is 0 Å². The summed E-state index contributed by atoms with van der Waals surface area (Å²) < 4.78 is 2.45. The highest BCUT2D eigenvalue weighted by atomic mass is 15.1. The number of nitrogens with zero attached hydrogens (tertiary/aromatic N) is 2. The zero-order chi connectivity index (χ0) is 54.6. The van der Waals surface area contributed by atoms with E-state index in [1.54, 1.807) is 0 Å². The Kier molecular flexibility index (Phi) is 10.6. The summed E-state index contributed by atoms with van der Waals surface area (Å²) in [6.07, 6.45) is 0. The number of para-hydroxylation sites is 4. The predicted molar refractivity (Wildman–Crippen MR) is 349 cm³/mol. The predicted octanol–water partition coefficient (Wildman–Crippen LogP) is 21.6. The monoisotopic (exact) mass is 1050 g/mol. The third-order valence-corrected chi connectivity index (χ3v) is 18.0. The van der Waals surface area contributed by atoms with Crippen LogP contribution in [0, 0.1) is 0 Å². The summed E-state index contributed by atoms with van der Waals surface area (Å²) in [6, 6.07) is 117. The number of fused-ring (bicyclic) bond motifs is 15.